The maximum absolute atomic E-state index is 13.7. The molecule has 1 aromatic carbocycles. The Labute approximate surface area is 122 Å². The molecule has 1 aliphatic rings. The van der Waals surface area contributed by atoms with Gasteiger partial charge in [0.1, 0.15) is 11.6 Å². The number of rotatable bonds is 4. The van der Waals surface area contributed by atoms with Gasteiger partial charge in [-0.2, -0.15) is 0 Å². The molecule has 0 aliphatic heterocycles. The Morgan fingerprint density at radius 1 is 1.37 bits per heavy atom. The fraction of sp³-hybridized carbons (Fsp3) is 0.533. The SMILES string of the molecule is CN(Cc1cc(Br)ccc1F)CC1CCC(=O)CC1. The minimum Gasteiger partial charge on any atom is -0.302 e. The second kappa shape index (κ2) is 6.62. The van der Waals surface area contributed by atoms with Crippen molar-refractivity contribution >= 4 is 21.7 Å². The summed E-state index contributed by atoms with van der Waals surface area (Å²) in [7, 11) is 2.01. The van der Waals surface area contributed by atoms with Crippen LogP contribution in [0.15, 0.2) is 22.7 Å². The monoisotopic (exact) mass is 327 g/mol. The lowest BCUT2D eigenvalue weighted by Gasteiger charge is -2.26. The zero-order valence-corrected chi connectivity index (χ0v) is 12.7. The molecule has 1 aliphatic carbocycles. The van der Waals surface area contributed by atoms with Gasteiger partial charge in [0.05, 0.1) is 0 Å². The van der Waals surface area contributed by atoms with Gasteiger partial charge in [-0.05, 0) is 44.0 Å². The van der Waals surface area contributed by atoms with Crippen molar-refractivity contribution in [3.63, 3.8) is 0 Å². The van der Waals surface area contributed by atoms with E-state index in [4.69, 9.17) is 0 Å². The van der Waals surface area contributed by atoms with Gasteiger partial charge in [0, 0.05) is 36.0 Å². The van der Waals surface area contributed by atoms with Gasteiger partial charge in [-0.3, -0.25) is 4.79 Å². The third-order valence-electron chi connectivity index (χ3n) is 3.68. The van der Waals surface area contributed by atoms with Crippen LogP contribution in [-0.4, -0.2) is 24.3 Å². The van der Waals surface area contributed by atoms with E-state index in [1.807, 2.05) is 13.1 Å². The maximum Gasteiger partial charge on any atom is 0.132 e. The molecule has 1 fully saturated rings. The molecule has 104 valence electrons. The van der Waals surface area contributed by atoms with Gasteiger partial charge in [-0.1, -0.05) is 15.9 Å². The summed E-state index contributed by atoms with van der Waals surface area (Å²) in [6.07, 6.45) is 3.38. The Balaban J connectivity index is 1.88. The zero-order chi connectivity index (χ0) is 13.8. The van der Waals surface area contributed by atoms with Crippen LogP contribution < -0.4 is 0 Å². The van der Waals surface area contributed by atoms with Crippen LogP contribution in [0.1, 0.15) is 31.2 Å². The molecular weight excluding hydrogens is 309 g/mol. The summed E-state index contributed by atoms with van der Waals surface area (Å²) in [6, 6.07) is 5.04. The largest absolute Gasteiger partial charge is 0.302 e. The molecule has 0 unspecified atom stereocenters. The summed E-state index contributed by atoms with van der Waals surface area (Å²) in [6.45, 7) is 1.54. The van der Waals surface area contributed by atoms with Crippen molar-refractivity contribution in [3.05, 3.63) is 34.1 Å². The van der Waals surface area contributed by atoms with E-state index in [0.29, 0.717) is 36.7 Å². The first-order valence-electron chi connectivity index (χ1n) is 6.69. The van der Waals surface area contributed by atoms with Crippen LogP contribution in [0.3, 0.4) is 0 Å². The summed E-state index contributed by atoms with van der Waals surface area (Å²) in [5.41, 5.74) is 0.712. The molecule has 19 heavy (non-hydrogen) atoms. The van der Waals surface area contributed by atoms with Crippen LogP contribution in [0.2, 0.25) is 0 Å². The standard InChI is InChI=1S/C15H19BrFNO/c1-18(9-11-2-5-14(19)6-3-11)10-12-8-13(16)4-7-15(12)17/h4,7-8,11H,2-3,5-6,9-10H2,1H3. The van der Waals surface area contributed by atoms with Crippen molar-refractivity contribution in [2.75, 3.05) is 13.6 Å². The van der Waals surface area contributed by atoms with Gasteiger partial charge in [-0.15, -0.1) is 0 Å². The molecule has 0 saturated heterocycles. The molecule has 1 saturated carbocycles. The summed E-state index contributed by atoms with van der Waals surface area (Å²) in [5, 5.41) is 0. The third kappa shape index (κ3) is 4.39. The minimum atomic E-state index is -0.158. The van der Waals surface area contributed by atoms with Crippen molar-refractivity contribution in [2.24, 2.45) is 5.92 Å². The molecule has 2 nitrogen and oxygen atoms in total. The smallest absolute Gasteiger partial charge is 0.132 e. The van der Waals surface area contributed by atoms with Crippen LogP contribution in [0.5, 0.6) is 0 Å². The van der Waals surface area contributed by atoms with Crippen LogP contribution in [0.4, 0.5) is 4.39 Å². The Morgan fingerprint density at radius 2 is 2.05 bits per heavy atom. The number of benzene rings is 1. The van der Waals surface area contributed by atoms with E-state index in [9.17, 15) is 9.18 Å². The molecule has 2 rings (SSSR count). The topological polar surface area (TPSA) is 20.3 Å². The normalized spacial score (nSPS) is 17.2. The Kier molecular flexibility index (Phi) is 5.11. The first-order valence-corrected chi connectivity index (χ1v) is 7.48. The molecular formula is C15H19BrFNO. The van der Waals surface area contributed by atoms with Crippen molar-refractivity contribution in [1.29, 1.82) is 0 Å². The van der Waals surface area contributed by atoms with E-state index >= 15 is 0 Å². The highest BCUT2D eigenvalue weighted by Crippen LogP contribution is 2.23. The lowest BCUT2D eigenvalue weighted by molar-refractivity contribution is -0.121. The number of halogens is 2. The molecule has 0 atom stereocenters. The van der Waals surface area contributed by atoms with Crippen molar-refractivity contribution in [2.45, 2.75) is 32.2 Å². The van der Waals surface area contributed by atoms with E-state index in [0.717, 1.165) is 23.9 Å². The molecule has 0 aromatic heterocycles. The molecule has 0 bridgehead atoms. The molecule has 0 heterocycles. The van der Waals surface area contributed by atoms with E-state index < -0.39 is 0 Å². The van der Waals surface area contributed by atoms with Crippen LogP contribution in [0.25, 0.3) is 0 Å². The number of nitrogens with zero attached hydrogens (tertiary/aromatic N) is 1. The number of hydrogen-bond acceptors (Lipinski definition) is 2. The van der Waals surface area contributed by atoms with Crippen LogP contribution in [-0.2, 0) is 11.3 Å². The molecule has 0 radical (unpaired) electrons. The first kappa shape index (κ1) is 14.7. The van der Waals surface area contributed by atoms with Crippen LogP contribution >= 0.6 is 15.9 Å². The molecule has 0 N–H and O–H groups in total. The predicted octanol–water partition coefficient (Wildman–Crippen LogP) is 3.78. The van der Waals surface area contributed by atoms with Crippen molar-refractivity contribution in [1.82, 2.24) is 4.90 Å². The Hall–Kier alpha value is -0.740. The summed E-state index contributed by atoms with van der Waals surface area (Å²) in [4.78, 5) is 13.3. The predicted molar refractivity (Wildman–Crippen MR) is 77.4 cm³/mol. The van der Waals surface area contributed by atoms with Gasteiger partial charge < -0.3 is 4.90 Å². The average molecular weight is 328 g/mol. The van der Waals surface area contributed by atoms with E-state index in [1.54, 1.807) is 6.07 Å². The zero-order valence-electron chi connectivity index (χ0n) is 11.2. The molecule has 1 aromatic rings. The lowest BCUT2D eigenvalue weighted by Crippen LogP contribution is -2.28. The molecule has 4 heteroatoms. The van der Waals surface area contributed by atoms with Gasteiger partial charge >= 0.3 is 0 Å². The van der Waals surface area contributed by atoms with Crippen LogP contribution in [0, 0.1) is 11.7 Å². The molecule has 0 spiro atoms. The minimum absolute atomic E-state index is 0.158. The first-order chi connectivity index (χ1) is 9.04. The molecule has 0 amide bonds. The number of Topliss-reactive ketones (excluding diaryl/α,β-unsaturated/α-hetero) is 1. The number of ketones is 1. The Morgan fingerprint density at radius 3 is 2.74 bits per heavy atom. The van der Waals surface area contributed by atoms with Gasteiger partial charge in [-0.25, -0.2) is 4.39 Å². The fourth-order valence-electron chi connectivity index (χ4n) is 2.64. The van der Waals surface area contributed by atoms with E-state index in [1.165, 1.54) is 6.07 Å². The lowest BCUT2D eigenvalue weighted by atomic mass is 9.88. The van der Waals surface area contributed by atoms with Gasteiger partial charge in [0.25, 0.3) is 0 Å². The summed E-state index contributed by atoms with van der Waals surface area (Å²) in [5.74, 6) is 0.795. The van der Waals surface area contributed by atoms with E-state index in [2.05, 4.69) is 20.8 Å². The van der Waals surface area contributed by atoms with Crippen molar-refractivity contribution < 1.29 is 9.18 Å². The highest BCUT2D eigenvalue weighted by atomic mass is 79.9. The maximum atomic E-state index is 13.7. The summed E-state index contributed by atoms with van der Waals surface area (Å²) >= 11 is 3.37. The number of carbonyl (C=O) groups excluding carboxylic acids is 1. The number of hydrogen-bond donors (Lipinski definition) is 0. The Bertz CT molecular complexity index is 453. The highest BCUT2D eigenvalue weighted by molar-refractivity contribution is 9.10. The second-order valence-corrected chi connectivity index (χ2v) is 6.33. The second-order valence-electron chi connectivity index (χ2n) is 5.41. The van der Waals surface area contributed by atoms with Crippen molar-refractivity contribution in [3.8, 4) is 0 Å². The van der Waals surface area contributed by atoms with Gasteiger partial charge in [0.15, 0.2) is 0 Å². The number of carbonyl (C=O) groups is 1. The fourth-order valence-corrected chi connectivity index (χ4v) is 3.05. The average Bonchev–Trinajstić information content (AvgIpc) is 2.37. The highest BCUT2D eigenvalue weighted by Gasteiger charge is 2.20. The summed E-state index contributed by atoms with van der Waals surface area (Å²) < 4.78 is 14.6. The quantitative estimate of drug-likeness (QED) is 0.838. The van der Waals surface area contributed by atoms with E-state index in [-0.39, 0.29) is 5.82 Å². The third-order valence-corrected chi connectivity index (χ3v) is 4.17. The van der Waals surface area contributed by atoms with Gasteiger partial charge in [0.2, 0.25) is 0 Å².